The maximum absolute atomic E-state index is 6.84. The van der Waals surface area contributed by atoms with Crippen LogP contribution in [-0.2, 0) is 5.41 Å². The highest BCUT2D eigenvalue weighted by molar-refractivity contribution is 7.26. The van der Waals surface area contributed by atoms with Crippen molar-refractivity contribution in [2.75, 3.05) is 4.90 Å². The number of fused-ring (bicyclic) bond motifs is 12. The van der Waals surface area contributed by atoms with E-state index in [-0.39, 0.29) is 5.41 Å². The molecule has 0 amide bonds. The number of hydrogen-bond donors (Lipinski definition) is 0. The molecule has 1 aliphatic carbocycles. The summed E-state index contributed by atoms with van der Waals surface area (Å²) in [4.78, 5) is 2.39. The van der Waals surface area contributed by atoms with E-state index in [2.05, 4.69) is 182 Å². The van der Waals surface area contributed by atoms with E-state index in [4.69, 9.17) is 4.42 Å². The van der Waals surface area contributed by atoms with Crippen LogP contribution in [-0.4, -0.2) is 0 Å². The van der Waals surface area contributed by atoms with Gasteiger partial charge in [0, 0.05) is 79.7 Å². The molecule has 0 unspecified atom stereocenters. The summed E-state index contributed by atoms with van der Waals surface area (Å²) in [5, 5.41) is 7.43. The molecule has 0 aliphatic heterocycles. The molecule has 3 aromatic heterocycles. The molecule has 12 rings (SSSR count). The van der Waals surface area contributed by atoms with Crippen molar-refractivity contribution in [2.45, 2.75) is 12.3 Å². The molecule has 1 aliphatic rings. The Morgan fingerprint density at radius 3 is 1.65 bits per heavy atom. The standard InChI is InChI=1S/C50H31NOS2/c1-50(42-14-6-2-10-34(42)35-11-3-7-15-43(35)50)30-18-22-36-37-23-19-32(28-45(37)52-44(36)26-30)51(31-21-25-48-41(27-31)39-13-5-9-17-47(39)53-48)33-20-24-40-38-12-4-8-16-46(38)54-49(40)29-33/h2-29H,1H3. The minimum Gasteiger partial charge on any atom is -0.456 e. The molecular weight excluding hydrogens is 695 g/mol. The topological polar surface area (TPSA) is 16.4 Å². The molecule has 0 radical (unpaired) electrons. The number of hydrogen-bond acceptors (Lipinski definition) is 4. The van der Waals surface area contributed by atoms with Crippen molar-refractivity contribution in [1.29, 1.82) is 0 Å². The van der Waals surface area contributed by atoms with E-state index in [9.17, 15) is 0 Å². The first-order valence-corrected chi connectivity index (χ1v) is 20.0. The second-order valence-corrected chi connectivity index (χ2v) is 16.8. The third-order valence-corrected chi connectivity index (χ3v) is 14.0. The van der Waals surface area contributed by atoms with Crippen molar-refractivity contribution in [1.82, 2.24) is 0 Å². The molecule has 0 saturated carbocycles. The van der Waals surface area contributed by atoms with Gasteiger partial charge in [-0.05, 0) is 95.4 Å². The molecule has 0 N–H and O–H groups in total. The highest BCUT2D eigenvalue weighted by Crippen LogP contribution is 2.53. The van der Waals surface area contributed by atoms with Crippen molar-refractivity contribution in [3.8, 4) is 11.1 Å². The van der Waals surface area contributed by atoms with Crippen LogP contribution in [0.1, 0.15) is 23.6 Å². The molecule has 8 aromatic carbocycles. The lowest BCUT2D eigenvalue weighted by Gasteiger charge is -2.28. The van der Waals surface area contributed by atoms with E-state index in [1.54, 1.807) is 0 Å². The van der Waals surface area contributed by atoms with Gasteiger partial charge in [-0.2, -0.15) is 0 Å². The molecule has 54 heavy (non-hydrogen) atoms. The predicted octanol–water partition coefficient (Wildman–Crippen LogP) is 15.1. The van der Waals surface area contributed by atoms with Crippen LogP contribution in [0.2, 0.25) is 0 Å². The van der Waals surface area contributed by atoms with Crippen molar-refractivity contribution in [3.63, 3.8) is 0 Å². The van der Waals surface area contributed by atoms with Gasteiger partial charge in [-0.15, -0.1) is 22.7 Å². The van der Waals surface area contributed by atoms with Gasteiger partial charge >= 0.3 is 0 Å². The summed E-state index contributed by atoms with van der Waals surface area (Å²) in [5.41, 5.74) is 11.4. The average molecular weight is 726 g/mol. The maximum atomic E-state index is 6.84. The Kier molecular flexibility index (Phi) is 6.26. The quantitative estimate of drug-likeness (QED) is 0.180. The van der Waals surface area contributed by atoms with Gasteiger partial charge in [0.05, 0.1) is 0 Å². The number of rotatable bonds is 4. The smallest absolute Gasteiger partial charge is 0.137 e. The largest absolute Gasteiger partial charge is 0.456 e. The first-order chi connectivity index (χ1) is 26.6. The number of thiophene rings is 2. The minimum absolute atomic E-state index is 0.280. The zero-order valence-electron chi connectivity index (χ0n) is 29.3. The third kappa shape index (κ3) is 4.21. The predicted molar refractivity (Wildman–Crippen MR) is 232 cm³/mol. The summed E-state index contributed by atoms with van der Waals surface area (Å²) in [7, 11) is 0. The summed E-state index contributed by atoms with van der Waals surface area (Å²) >= 11 is 3.71. The first-order valence-electron chi connectivity index (χ1n) is 18.4. The lowest BCUT2D eigenvalue weighted by Crippen LogP contribution is -2.22. The van der Waals surface area contributed by atoms with Gasteiger partial charge in [0.15, 0.2) is 0 Å². The zero-order chi connectivity index (χ0) is 35.5. The number of nitrogens with zero attached hydrogens (tertiary/aromatic N) is 1. The monoisotopic (exact) mass is 725 g/mol. The molecule has 4 heteroatoms. The molecule has 3 heterocycles. The van der Waals surface area contributed by atoms with Crippen LogP contribution in [0.5, 0.6) is 0 Å². The van der Waals surface area contributed by atoms with E-state index < -0.39 is 0 Å². The van der Waals surface area contributed by atoms with E-state index in [1.165, 1.54) is 68.2 Å². The van der Waals surface area contributed by atoms with Gasteiger partial charge in [0.2, 0.25) is 0 Å². The van der Waals surface area contributed by atoms with E-state index in [1.807, 2.05) is 22.7 Å². The molecule has 0 saturated heterocycles. The van der Waals surface area contributed by atoms with Gasteiger partial charge < -0.3 is 9.32 Å². The third-order valence-electron chi connectivity index (χ3n) is 11.8. The molecular formula is C50H31NOS2. The van der Waals surface area contributed by atoms with Crippen molar-refractivity contribution >= 4 is 102 Å². The molecule has 0 spiro atoms. The van der Waals surface area contributed by atoms with E-state index >= 15 is 0 Å². The molecule has 0 fully saturated rings. The van der Waals surface area contributed by atoms with Crippen molar-refractivity contribution in [3.05, 3.63) is 187 Å². The molecule has 0 atom stereocenters. The Labute approximate surface area is 319 Å². The molecule has 0 bridgehead atoms. The number of furan rings is 1. The Balaban J connectivity index is 1.04. The Morgan fingerprint density at radius 1 is 0.407 bits per heavy atom. The summed E-state index contributed by atoms with van der Waals surface area (Å²) < 4.78 is 12.0. The van der Waals surface area contributed by atoms with Gasteiger partial charge in [-0.1, -0.05) is 103 Å². The zero-order valence-corrected chi connectivity index (χ0v) is 31.0. The minimum atomic E-state index is -0.280. The summed E-state index contributed by atoms with van der Waals surface area (Å²) in [6.07, 6.45) is 0. The molecule has 2 nitrogen and oxygen atoms in total. The SMILES string of the molecule is CC1(c2ccc3c(c2)oc2cc(N(c4ccc5c(c4)sc4ccccc45)c4ccc5sc6ccccc6c5c4)ccc23)c2ccccc2-c2ccccc21. The number of benzene rings is 8. The van der Waals surface area contributed by atoms with Crippen LogP contribution in [0.4, 0.5) is 17.1 Å². The Hall–Kier alpha value is -6.20. The lowest BCUT2D eigenvalue weighted by atomic mass is 9.74. The fourth-order valence-corrected chi connectivity index (χ4v) is 11.4. The lowest BCUT2D eigenvalue weighted by molar-refractivity contribution is 0.662. The van der Waals surface area contributed by atoms with Crippen LogP contribution < -0.4 is 4.90 Å². The van der Waals surface area contributed by atoms with Crippen LogP contribution in [0.15, 0.2) is 174 Å². The van der Waals surface area contributed by atoms with E-state index in [0.29, 0.717) is 0 Å². The highest BCUT2D eigenvalue weighted by atomic mass is 32.1. The second-order valence-electron chi connectivity index (χ2n) is 14.6. The molecule has 254 valence electrons. The normalized spacial score (nSPS) is 13.4. The van der Waals surface area contributed by atoms with Gasteiger partial charge in [-0.25, -0.2) is 0 Å². The number of anilines is 3. The van der Waals surface area contributed by atoms with Crippen LogP contribution >= 0.6 is 22.7 Å². The van der Waals surface area contributed by atoms with Gasteiger partial charge in [0.25, 0.3) is 0 Å². The fraction of sp³-hybridized carbons (Fsp3) is 0.0400. The maximum Gasteiger partial charge on any atom is 0.137 e. The highest BCUT2D eigenvalue weighted by Gasteiger charge is 2.40. The summed E-state index contributed by atoms with van der Waals surface area (Å²) in [6, 6.07) is 62.5. The Bertz CT molecular complexity index is 3280. The first kappa shape index (κ1) is 30.3. The van der Waals surface area contributed by atoms with Crippen molar-refractivity contribution < 1.29 is 4.42 Å². The van der Waals surface area contributed by atoms with Crippen LogP contribution in [0.3, 0.4) is 0 Å². The van der Waals surface area contributed by atoms with Gasteiger partial charge in [-0.3, -0.25) is 0 Å². The average Bonchev–Trinajstić information content (AvgIpc) is 3.96. The van der Waals surface area contributed by atoms with Crippen molar-refractivity contribution in [2.24, 2.45) is 0 Å². The Morgan fingerprint density at radius 2 is 0.907 bits per heavy atom. The second kappa shape index (κ2) is 11.2. The van der Waals surface area contributed by atoms with Crippen LogP contribution in [0.25, 0.3) is 73.4 Å². The summed E-state index contributed by atoms with van der Waals surface area (Å²) in [6.45, 7) is 2.36. The summed E-state index contributed by atoms with van der Waals surface area (Å²) in [5.74, 6) is 0. The van der Waals surface area contributed by atoms with Crippen LogP contribution in [0, 0.1) is 0 Å². The van der Waals surface area contributed by atoms with E-state index in [0.717, 1.165) is 39.0 Å². The molecule has 11 aromatic rings. The van der Waals surface area contributed by atoms with Gasteiger partial charge in [0.1, 0.15) is 11.2 Å². The fourth-order valence-electron chi connectivity index (χ4n) is 9.13.